The number of thiocarbonyl (C=S) groups is 1. The highest BCUT2D eigenvalue weighted by atomic mass is 32.1. The second-order valence-electron chi connectivity index (χ2n) is 6.00. The number of rotatable bonds is 10. The van der Waals surface area contributed by atoms with Crippen LogP contribution in [0.25, 0.3) is 0 Å². The van der Waals surface area contributed by atoms with Crippen LogP contribution in [0, 0.1) is 0 Å². The number of nitrogens with one attached hydrogen (secondary N) is 3. The van der Waals surface area contributed by atoms with E-state index in [1.54, 1.807) is 24.3 Å². The van der Waals surface area contributed by atoms with Crippen LogP contribution in [-0.2, 0) is 4.79 Å². The maximum Gasteiger partial charge on any atom is 0.251 e. The van der Waals surface area contributed by atoms with Gasteiger partial charge in [0.2, 0.25) is 5.91 Å². The van der Waals surface area contributed by atoms with E-state index in [4.69, 9.17) is 12.2 Å². The van der Waals surface area contributed by atoms with Crippen molar-refractivity contribution in [3.05, 3.63) is 29.8 Å². The normalized spacial score (nSPS) is 10.2. The highest BCUT2D eigenvalue weighted by Crippen LogP contribution is 2.10. The summed E-state index contributed by atoms with van der Waals surface area (Å²) < 4.78 is 0. The Morgan fingerprint density at radius 2 is 1.64 bits per heavy atom. The fraction of sp³-hybridized carbons (Fsp3) is 0.526. The van der Waals surface area contributed by atoms with E-state index in [0.717, 1.165) is 44.2 Å². The van der Waals surface area contributed by atoms with Gasteiger partial charge in [-0.05, 0) is 49.3 Å². The van der Waals surface area contributed by atoms with Crippen LogP contribution in [0.5, 0.6) is 0 Å². The largest absolute Gasteiger partial charge is 0.352 e. The molecular formula is C19H29N3O2S. The molecule has 0 fully saturated rings. The van der Waals surface area contributed by atoms with Crippen LogP contribution in [-0.4, -0.2) is 23.5 Å². The maximum absolute atomic E-state index is 11.9. The predicted molar refractivity (Wildman–Crippen MR) is 107 cm³/mol. The monoisotopic (exact) mass is 363 g/mol. The highest BCUT2D eigenvalue weighted by molar-refractivity contribution is 7.80. The molecule has 0 saturated heterocycles. The minimum atomic E-state index is -0.0806. The summed E-state index contributed by atoms with van der Waals surface area (Å²) in [5.41, 5.74) is 1.34. The van der Waals surface area contributed by atoms with E-state index < -0.39 is 0 Å². The first-order valence-electron chi connectivity index (χ1n) is 9.06. The third-order valence-corrected chi connectivity index (χ3v) is 3.94. The summed E-state index contributed by atoms with van der Waals surface area (Å²) in [6.07, 6.45) is 6.74. The van der Waals surface area contributed by atoms with Gasteiger partial charge in [0.05, 0.1) is 0 Å². The standard InChI is InChI=1S/C19H29N3O2S/c1-3-5-7-8-9-17(23)22-19(25)21-16-12-10-15(11-13-16)18(24)20-14-6-4-2/h10-13H,3-9,14H2,1-2H3,(H,20,24)(H2,21,22,23,25). The molecule has 0 aromatic heterocycles. The molecule has 138 valence electrons. The number of hydrogen-bond acceptors (Lipinski definition) is 3. The maximum atomic E-state index is 11.9. The molecular weight excluding hydrogens is 334 g/mol. The Morgan fingerprint density at radius 3 is 2.28 bits per heavy atom. The number of amides is 2. The quantitative estimate of drug-likeness (QED) is 0.434. The highest BCUT2D eigenvalue weighted by Gasteiger charge is 2.07. The number of hydrogen-bond donors (Lipinski definition) is 3. The van der Waals surface area contributed by atoms with Crippen LogP contribution < -0.4 is 16.0 Å². The minimum absolute atomic E-state index is 0.0690. The van der Waals surface area contributed by atoms with Gasteiger partial charge in [-0.3, -0.25) is 9.59 Å². The van der Waals surface area contributed by atoms with E-state index in [2.05, 4.69) is 29.8 Å². The van der Waals surface area contributed by atoms with E-state index in [1.165, 1.54) is 0 Å². The Morgan fingerprint density at radius 1 is 0.960 bits per heavy atom. The van der Waals surface area contributed by atoms with Crippen molar-refractivity contribution in [1.82, 2.24) is 10.6 Å². The van der Waals surface area contributed by atoms with E-state index in [1.807, 2.05) is 0 Å². The molecule has 1 aromatic carbocycles. The average molecular weight is 364 g/mol. The summed E-state index contributed by atoms with van der Waals surface area (Å²) in [4.78, 5) is 23.7. The Kier molecular flexibility index (Phi) is 10.5. The van der Waals surface area contributed by atoms with Gasteiger partial charge in [-0.25, -0.2) is 0 Å². The van der Waals surface area contributed by atoms with Gasteiger partial charge in [0.15, 0.2) is 5.11 Å². The molecule has 0 spiro atoms. The van der Waals surface area contributed by atoms with Gasteiger partial charge >= 0.3 is 0 Å². The lowest BCUT2D eigenvalue weighted by molar-refractivity contribution is -0.119. The van der Waals surface area contributed by atoms with Crippen LogP contribution in [0.2, 0.25) is 0 Å². The van der Waals surface area contributed by atoms with Crippen molar-refractivity contribution in [3.63, 3.8) is 0 Å². The van der Waals surface area contributed by atoms with Gasteiger partial charge in [-0.2, -0.15) is 0 Å². The van der Waals surface area contributed by atoms with Gasteiger partial charge < -0.3 is 16.0 Å². The van der Waals surface area contributed by atoms with Crippen molar-refractivity contribution in [2.45, 2.75) is 58.8 Å². The molecule has 0 bridgehead atoms. The molecule has 0 unspecified atom stereocenters. The molecule has 6 heteroatoms. The lowest BCUT2D eigenvalue weighted by atomic mass is 10.1. The lowest BCUT2D eigenvalue weighted by Gasteiger charge is -2.10. The van der Waals surface area contributed by atoms with Crippen LogP contribution in [0.1, 0.15) is 69.2 Å². The molecule has 3 N–H and O–H groups in total. The molecule has 0 heterocycles. The van der Waals surface area contributed by atoms with E-state index in [-0.39, 0.29) is 16.9 Å². The van der Waals surface area contributed by atoms with Gasteiger partial charge in [0.1, 0.15) is 0 Å². The first kappa shape index (κ1) is 21.1. The SMILES string of the molecule is CCCCCCC(=O)NC(=S)Nc1ccc(C(=O)NCCCC)cc1. The molecule has 0 radical (unpaired) electrons. The third-order valence-electron chi connectivity index (χ3n) is 3.73. The fourth-order valence-corrected chi connectivity index (χ4v) is 2.48. The van der Waals surface area contributed by atoms with Crippen LogP contribution >= 0.6 is 12.2 Å². The van der Waals surface area contributed by atoms with Crippen LogP contribution in [0.3, 0.4) is 0 Å². The number of anilines is 1. The van der Waals surface area contributed by atoms with E-state index in [0.29, 0.717) is 18.5 Å². The van der Waals surface area contributed by atoms with Crippen LogP contribution in [0.4, 0.5) is 5.69 Å². The summed E-state index contributed by atoms with van der Waals surface area (Å²) in [6.45, 7) is 4.91. The van der Waals surface area contributed by atoms with Crippen molar-refractivity contribution in [2.75, 3.05) is 11.9 Å². The zero-order valence-electron chi connectivity index (χ0n) is 15.2. The Bertz CT molecular complexity index is 558. The Balaban J connectivity index is 2.37. The van der Waals surface area contributed by atoms with Crippen molar-refractivity contribution in [2.24, 2.45) is 0 Å². The molecule has 1 rings (SSSR count). The summed E-state index contributed by atoms with van der Waals surface area (Å²) >= 11 is 5.15. The predicted octanol–water partition coefficient (Wildman–Crippen LogP) is 4.00. The molecule has 0 aliphatic carbocycles. The molecule has 0 atom stereocenters. The van der Waals surface area contributed by atoms with Gasteiger partial charge in [-0.1, -0.05) is 39.5 Å². The van der Waals surface area contributed by atoms with Crippen molar-refractivity contribution in [3.8, 4) is 0 Å². The summed E-state index contributed by atoms with van der Waals surface area (Å²) in [6, 6.07) is 7.01. The number of carbonyl (C=O) groups is 2. The molecule has 1 aromatic rings. The molecule has 0 aliphatic rings. The number of benzene rings is 1. The minimum Gasteiger partial charge on any atom is -0.352 e. The average Bonchev–Trinajstić information content (AvgIpc) is 2.59. The topological polar surface area (TPSA) is 70.2 Å². The second kappa shape index (κ2) is 12.4. The van der Waals surface area contributed by atoms with Gasteiger partial charge in [-0.15, -0.1) is 0 Å². The first-order valence-corrected chi connectivity index (χ1v) is 9.46. The first-order chi connectivity index (χ1) is 12.1. The van der Waals surface area contributed by atoms with E-state index in [9.17, 15) is 9.59 Å². The third kappa shape index (κ3) is 9.19. The molecule has 5 nitrogen and oxygen atoms in total. The molecule has 0 saturated carbocycles. The van der Waals surface area contributed by atoms with Crippen molar-refractivity contribution < 1.29 is 9.59 Å². The zero-order valence-corrected chi connectivity index (χ0v) is 16.0. The molecule has 2 amide bonds. The van der Waals surface area contributed by atoms with Crippen molar-refractivity contribution in [1.29, 1.82) is 0 Å². The van der Waals surface area contributed by atoms with Crippen molar-refractivity contribution >= 4 is 34.8 Å². The summed E-state index contributed by atoms with van der Waals surface area (Å²) in [7, 11) is 0. The smallest absolute Gasteiger partial charge is 0.251 e. The van der Waals surface area contributed by atoms with Crippen LogP contribution in [0.15, 0.2) is 24.3 Å². The summed E-state index contributed by atoms with van der Waals surface area (Å²) in [5, 5.41) is 8.79. The summed E-state index contributed by atoms with van der Waals surface area (Å²) in [5.74, 6) is -0.150. The lowest BCUT2D eigenvalue weighted by Crippen LogP contribution is -2.33. The van der Waals surface area contributed by atoms with Gasteiger partial charge in [0.25, 0.3) is 5.91 Å². The van der Waals surface area contributed by atoms with E-state index >= 15 is 0 Å². The number of carbonyl (C=O) groups excluding carboxylic acids is 2. The second-order valence-corrected chi connectivity index (χ2v) is 6.41. The van der Waals surface area contributed by atoms with Gasteiger partial charge in [0, 0.05) is 24.2 Å². The zero-order chi connectivity index (χ0) is 18.5. The molecule has 0 aliphatic heterocycles. The number of unbranched alkanes of at least 4 members (excludes halogenated alkanes) is 4. The molecule has 25 heavy (non-hydrogen) atoms. The Labute approximate surface area is 156 Å². The Hall–Kier alpha value is -1.95. The fourth-order valence-electron chi connectivity index (χ4n) is 2.25.